The minimum absolute atomic E-state index is 0.236. The molecule has 0 atom stereocenters. The van der Waals surface area contributed by atoms with Gasteiger partial charge < -0.3 is 19.7 Å². The number of benzene rings is 2. The summed E-state index contributed by atoms with van der Waals surface area (Å²) in [5.74, 6) is 1.89. The summed E-state index contributed by atoms with van der Waals surface area (Å²) in [5, 5.41) is 13.1. The van der Waals surface area contributed by atoms with Gasteiger partial charge in [0.1, 0.15) is 17.3 Å². The Morgan fingerprint density at radius 1 is 1.03 bits per heavy atom. The Balaban J connectivity index is 1.63. The summed E-state index contributed by atoms with van der Waals surface area (Å²) in [5.41, 5.74) is 3.82. The Labute approximate surface area is 182 Å². The zero-order valence-corrected chi connectivity index (χ0v) is 17.5. The van der Waals surface area contributed by atoms with Gasteiger partial charge in [-0.3, -0.25) is 0 Å². The fourth-order valence-electron chi connectivity index (χ4n) is 3.44. The molecule has 0 bridgehead atoms. The molecule has 0 aliphatic rings. The van der Waals surface area contributed by atoms with Crippen LogP contribution < -0.4 is 10.1 Å². The van der Waals surface area contributed by atoms with Crippen molar-refractivity contribution in [1.29, 1.82) is 0 Å². The van der Waals surface area contributed by atoms with Gasteiger partial charge in [0.2, 0.25) is 0 Å². The van der Waals surface area contributed by atoms with E-state index in [1.165, 1.54) is 0 Å². The molecule has 6 nitrogen and oxygen atoms in total. The second kappa shape index (κ2) is 9.80. The largest absolute Gasteiger partial charge is 0.508 e. The molecule has 2 aromatic heterocycles. The highest BCUT2D eigenvalue weighted by atomic mass is 16.5. The van der Waals surface area contributed by atoms with E-state index in [0.717, 1.165) is 53.5 Å². The number of phenols is 1. The van der Waals surface area contributed by atoms with Crippen molar-refractivity contribution >= 4 is 5.82 Å². The van der Waals surface area contributed by atoms with E-state index in [2.05, 4.69) is 33.1 Å². The van der Waals surface area contributed by atoms with Crippen LogP contribution in [-0.4, -0.2) is 32.8 Å². The molecule has 0 amide bonds. The van der Waals surface area contributed by atoms with Gasteiger partial charge in [0.05, 0.1) is 18.6 Å². The molecule has 0 spiro atoms. The molecule has 0 unspecified atom stereocenters. The molecule has 0 aliphatic carbocycles. The summed E-state index contributed by atoms with van der Waals surface area (Å²) in [6, 6.07) is 19.2. The number of imidazole rings is 1. The fourth-order valence-corrected chi connectivity index (χ4v) is 3.44. The van der Waals surface area contributed by atoms with Gasteiger partial charge in [-0.05, 0) is 61.4 Å². The molecule has 2 aromatic carbocycles. The molecule has 4 rings (SSSR count). The number of hydrogen-bond acceptors (Lipinski definition) is 5. The number of aryl methyl sites for hydroxylation is 1. The first-order valence-electron chi connectivity index (χ1n) is 10.5. The molecule has 0 saturated carbocycles. The standard InChI is InChI=1S/C25H26N4O2/c1-2-31-24-7-4-3-6-22(24)20-16-23(19-8-10-21(30)11-9-19)28-25(17-20)27-12-5-14-29-15-13-26-18-29/h3-4,6-11,13,15-18,30H,2,5,12,14H2,1H3,(H,27,28). The Morgan fingerprint density at radius 3 is 2.65 bits per heavy atom. The number of anilines is 1. The van der Waals surface area contributed by atoms with Crippen molar-refractivity contribution in [3.05, 3.63) is 79.4 Å². The summed E-state index contributed by atoms with van der Waals surface area (Å²) in [6.45, 7) is 4.27. The molecule has 6 heteroatoms. The van der Waals surface area contributed by atoms with E-state index in [9.17, 15) is 5.11 Å². The third-order valence-corrected chi connectivity index (χ3v) is 4.94. The van der Waals surface area contributed by atoms with Crippen LogP contribution in [0.5, 0.6) is 11.5 Å². The van der Waals surface area contributed by atoms with Crippen LogP contribution in [0.2, 0.25) is 0 Å². The lowest BCUT2D eigenvalue weighted by Gasteiger charge is -2.14. The lowest BCUT2D eigenvalue weighted by atomic mass is 10.0. The van der Waals surface area contributed by atoms with E-state index in [1.54, 1.807) is 18.3 Å². The van der Waals surface area contributed by atoms with Crippen molar-refractivity contribution in [2.75, 3.05) is 18.5 Å². The van der Waals surface area contributed by atoms with Crippen LogP contribution in [-0.2, 0) is 6.54 Å². The molecule has 31 heavy (non-hydrogen) atoms. The van der Waals surface area contributed by atoms with Gasteiger partial charge in [0.25, 0.3) is 0 Å². The third-order valence-electron chi connectivity index (χ3n) is 4.94. The van der Waals surface area contributed by atoms with E-state index in [0.29, 0.717) is 6.61 Å². The number of aromatic nitrogens is 3. The second-order valence-electron chi connectivity index (χ2n) is 7.18. The first kappa shape index (κ1) is 20.5. The van der Waals surface area contributed by atoms with Gasteiger partial charge in [-0.1, -0.05) is 18.2 Å². The highest BCUT2D eigenvalue weighted by Gasteiger charge is 2.11. The van der Waals surface area contributed by atoms with Crippen LogP contribution in [0.3, 0.4) is 0 Å². The van der Waals surface area contributed by atoms with Gasteiger partial charge in [0.15, 0.2) is 0 Å². The summed E-state index contributed by atoms with van der Waals surface area (Å²) in [6.07, 6.45) is 6.53. The van der Waals surface area contributed by atoms with Gasteiger partial charge in [-0.25, -0.2) is 9.97 Å². The highest BCUT2D eigenvalue weighted by Crippen LogP contribution is 2.34. The van der Waals surface area contributed by atoms with E-state index in [-0.39, 0.29) is 5.75 Å². The summed E-state index contributed by atoms with van der Waals surface area (Å²) in [7, 11) is 0. The van der Waals surface area contributed by atoms with E-state index < -0.39 is 0 Å². The van der Waals surface area contributed by atoms with E-state index in [4.69, 9.17) is 9.72 Å². The maximum Gasteiger partial charge on any atom is 0.127 e. The Bertz CT molecular complexity index is 1110. The summed E-state index contributed by atoms with van der Waals surface area (Å²) < 4.78 is 7.91. The van der Waals surface area contributed by atoms with Gasteiger partial charge in [-0.15, -0.1) is 0 Å². The second-order valence-corrected chi connectivity index (χ2v) is 7.18. The van der Waals surface area contributed by atoms with Crippen molar-refractivity contribution in [1.82, 2.24) is 14.5 Å². The number of phenolic OH excluding ortho intramolecular Hbond substituents is 1. The molecule has 2 heterocycles. The van der Waals surface area contributed by atoms with Crippen molar-refractivity contribution in [3.8, 4) is 33.9 Å². The summed E-state index contributed by atoms with van der Waals surface area (Å²) in [4.78, 5) is 8.90. The normalized spacial score (nSPS) is 10.7. The molecule has 2 N–H and O–H groups in total. The maximum absolute atomic E-state index is 9.65. The maximum atomic E-state index is 9.65. The topological polar surface area (TPSA) is 72.2 Å². The predicted octanol–water partition coefficient (Wildman–Crippen LogP) is 5.22. The molecule has 0 saturated heterocycles. The van der Waals surface area contributed by atoms with Crippen LogP contribution in [0.1, 0.15) is 13.3 Å². The van der Waals surface area contributed by atoms with Crippen molar-refractivity contribution in [3.63, 3.8) is 0 Å². The molecule has 4 aromatic rings. The Hall–Kier alpha value is -3.80. The predicted molar refractivity (Wildman–Crippen MR) is 123 cm³/mol. The van der Waals surface area contributed by atoms with Crippen molar-refractivity contribution in [2.45, 2.75) is 19.9 Å². The minimum Gasteiger partial charge on any atom is -0.508 e. The minimum atomic E-state index is 0.236. The lowest BCUT2D eigenvalue weighted by Crippen LogP contribution is -2.07. The third kappa shape index (κ3) is 5.22. The fraction of sp³-hybridized carbons (Fsp3) is 0.200. The molecule has 0 fully saturated rings. The molecular formula is C25H26N4O2. The zero-order valence-electron chi connectivity index (χ0n) is 17.5. The van der Waals surface area contributed by atoms with Crippen LogP contribution in [0.15, 0.2) is 79.4 Å². The van der Waals surface area contributed by atoms with E-state index in [1.807, 2.05) is 49.8 Å². The number of nitrogens with zero attached hydrogens (tertiary/aromatic N) is 3. The quantitative estimate of drug-likeness (QED) is 0.368. The zero-order chi connectivity index (χ0) is 21.5. The number of hydrogen-bond donors (Lipinski definition) is 2. The number of ether oxygens (including phenoxy) is 1. The number of para-hydroxylation sites is 1. The SMILES string of the molecule is CCOc1ccccc1-c1cc(NCCCn2ccnc2)nc(-c2ccc(O)cc2)c1. The van der Waals surface area contributed by atoms with Crippen LogP contribution in [0.4, 0.5) is 5.82 Å². The average Bonchev–Trinajstić information content (AvgIpc) is 3.31. The van der Waals surface area contributed by atoms with Gasteiger partial charge >= 0.3 is 0 Å². The first-order valence-corrected chi connectivity index (χ1v) is 10.5. The van der Waals surface area contributed by atoms with Crippen molar-refractivity contribution in [2.24, 2.45) is 0 Å². The number of nitrogens with one attached hydrogen (secondary N) is 1. The number of pyridine rings is 1. The Kier molecular flexibility index (Phi) is 6.47. The van der Waals surface area contributed by atoms with Gasteiger partial charge in [0, 0.05) is 36.6 Å². The molecule has 0 radical (unpaired) electrons. The highest BCUT2D eigenvalue weighted by molar-refractivity contribution is 5.77. The Morgan fingerprint density at radius 2 is 1.87 bits per heavy atom. The van der Waals surface area contributed by atoms with Gasteiger partial charge in [-0.2, -0.15) is 0 Å². The molecule has 0 aliphatic heterocycles. The smallest absolute Gasteiger partial charge is 0.127 e. The lowest BCUT2D eigenvalue weighted by molar-refractivity contribution is 0.341. The number of rotatable bonds is 9. The van der Waals surface area contributed by atoms with E-state index >= 15 is 0 Å². The average molecular weight is 415 g/mol. The first-order chi connectivity index (χ1) is 15.2. The summed E-state index contributed by atoms with van der Waals surface area (Å²) >= 11 is 0. The molecule has 158 valence electrons. The van der Waals surface area contributed by atoms with Crippen LogP contribution >= 0.6 is 0 Å². The van der Waals surface area contributed by atoms with Crippen LogP contribution in [0, 0.1) is 0 Å². The monoisotopic (exact) mass is 414 g/mol. The molecular weight excluding hydrogens is 388 g/mol. The number of aromatic hydroxyl groups is 1. The van der Waals surface area contributed by atoms with Crippen molar-refractivity contribution < 1.29 is 9.84 Å². The van der Waals surface area contributed by atoms with Crippen LogP contribution in [0.25, 0.3) is 22.4 Å².